The van der Waals surface area contributed by atoms with E-state index in [0.717, 1.165) is 37.1 Å². The van der Waals surface area contributed by atoms with Gasteiger partial charge in [0.1, 0.15) is 5.82 Å². The molecular formula is C21H32N2O. The minimum atomic E-state index is -0.0218. The van der Waals surface area contributed by atoms with Gasteiger partial charge in [-0.2, -0.15) is 0 Å². The Morgan fingerprint density at radius 3 is 2.62 bits per heavy atom. The highest BCUT2D eigenvalue weighted by atomic mass is 16.5. The second-order valence-electron chi connectivity index (χ2n) is 7.51. The van der Waals surface area contributed by atoms with Crippen LogP contribution < -0.4 is 0 Å². The lowest BCUT2D eigenvalue weighted by Crippen LogP contribution is -2.21. The number of aryl methyl sites for hydroxylation is 3. The molecule has 0 unspecified atom stereocenters. The van der Waals surface area contributed by atoms with Crippen molar-refractivity contribution in [2.24, 2.45) is 0 Å². The molecule has 0 saturated heterocycles. The number of hydrogen-bond acceptors (Lipinski definition) is 2. The first kappa shape index (κ1) is 18.7. The fraction of sp³-hybridized carbons (Fsp3) is 0.571. The molecule has 0 radical (unpaired) electrons. The maximum Gasteiger partial charge on any atom is 0.107 e. The van der Waals surface area contributed by atoms with Crippen LogP contribution in [0.1, 0.15) is 57.0 Å². The van der Waals surface area contributed by atoms with Gasteiger partial charge in [0, 0.05) is 13.7 Å². The zero-order chi connectivity index (χ0) is 17.9. The smallest absolute Gasteiger partial charge is 0.107 e. The van der Waals surface area contributed by atoms with Gasteiger partial charge >= 0.3 is 0 Å². The average Bonchev–Trinajstić information content (AvgIpc) is 2.85. The molecule has 1 aromatic carbocycles. The van der Waals surface area contributed by atoms with Crippen LogP contribution in [0.4, 0.5) is 0 Å². The van der Waals surface area contributed by atoms with Crippen molar-refractivity contribution in [1.82, 2.24) is 9.55 Å². The predicted octanol–water partition coefficient (Wildman–Crippen LogP) is 5.50. The van der Waals surface area contributed by atoms with Gasteiger partial charge in [-0.3, -0.25) is 0 Å². The summed E-state index contributed by atoms with van der Waals surface area (Å²) in [5.41, 5.74) is 6.45. The first-order valence-corrected chi connectivity index (χ1v) is 8.89. The summed E-state index contributed by atoms with van der Waals surface area (Å²) in [6, 6.07) is 4.29. The van der Waals surface area contributed by atoms with Gasteiger partial charge in [0.15, 0.2) is 0 Å². The molecule has 2 rings (SSSR count). The molecule has 2 aromatic rings. The highest BCUT2D eigenvalue weighted by Gasteiger charge is 2.15. The van der Waals surface area contributed by atoms with E-state index in [2.05, 4.69) is 64.3 Å². The van der Waals surface area contributed by atoms with Gasteiger partial charge in [-0.1, -0.05) is 17.7 Å². The molecule has 0 amide bonds. The van der Waals surface area contributed by atoms with Crippen LogP contribution in [0.2, 0.25) is 0 Å². The molecule has 0 aliphatic rings. The highest BCUT2D eigenvalue weighted by Crippen LogP contribution is 2.23. The molecule has 0 N–H and O–H groups in total. The third-order valence-electron chi connectivity index (χ3n) is 5.15. The first-order valence-electron chi connectivity index (χ1n) is 8.89. The Bertz CT molecular complexity index is 738. The highest BCUT2D eigenvalue weighted by molar-refractivity contribution is 5.80. The lowest BCUT2D eigenvalue weighted by Gasteiger charge is -2.22. The average molecular weight is 329 g/mol. The summed E-state index contributed by atoms with van der Waals surface area (Å²) in [7, 11) is 1.79. The fourth-order valence-electron chi connectivity index (χ4n) is 3.08. The summed E-state index contributed by atoms with van der Waals surface area (Å²) < 4.78 is 7.83. The monoisotopic (exact) mass is 328 g/mol. The number of allylic oxidation sites excluding steroid dienone is 2. The molecule has 132 valence electrons. The summed E-state index contributed by atoms with van der Waals surface area (Å²) in [6.07, 6.45) is 5.71. The topological polar surface area (TPSA) is 27.1 Å². The number of fused-ring (bicyclic) bond motifs is 1. The SMILES string of the molecule is COC(C)(C)CCC/C(C)=C/Cn1c(C)nc2ccc(C)c(C)c21. The Hall–Kier alpha value is -1.61. The van der Waals surface area contributed by atoms with Gasteiger partial charge in [-0.15, -0.1) is 0 Å². The van der Waals surface area contributed by atoms with E-state index in [1.807, 2.05) is 0 Å². The maximum absolute atomic E-state index is 5.49. The van der Waals surface area contributed by atoms with E-state index in [-0.39, 0.29) is 5.60 Å². The second-order valence-corrected chi connectivity index (χ2v) is 7.51. The minimum absolute atomic E-state index is 0.0218. The lowest BCUT2D eigenvalue weighted by atomic mass is 9.99. The van der Waals surface area contributed by atoms with E-state index >= 15 is 0 Å². The summed E-state index contributed by atoms with van der Waals surface area (Å²) in [6.45, 7) is 13.9. The summed E-state index contributed by atoms with van der Waals surface area (Å²) in [4.78, 5) is 4.72. The standard InChI is InChI=1S/C21H32N2O/c1-15(9-8-13-21(5,6)24-7)12-14-23-18(4)22-19-11-10-16(2)17(3)20(19)23/h10-12H,8-9,13-14H2,1-7H3/b15-12+. The number of hydrogen-bond donors (Lipinski definition) is 0. The van der Waals surface area contributed by atoms with Gasteiger partial charge in [-0.25, -0.2) is 4.98 Å². The fourth-order valence-corrected chi connectivity index (χ4v) is 3.08. The maximum atomic E-state index is 5.49. The number of benzene rings is 1. The van der Waals surface area contributed by atoms with Crippen LogP contribution in [0.25, 0.3) is 11.0 Å². The Morgan fingerprint density at radius 1 is 1.25 bits per heavy atom. The molecule has 0 fully saturated rings. The molecular weight excluding hydrogens is 296 g/mol. The minimum Gasteiger partial charge on any atom is -0.379 e. The Balaban J connectivity index is 2.10. The number of imidazole rings is 1. The molecule has 3 nitrogen and oxygen atoms in total. The molecule has 1 heterocycles. The van der Waals surface area contributed by atoms with Crippen molar-refractivity contribution in [2.75, 3.05) is 7.11 Å². The number of methoxy groups -OCH3 is 1. The van der Waals surface area contributed by atoms with Crippen LogP contribution in [0.3, 0.4) is 0 Å². The van der Waals surface area contributed by atoms with Crippen LogP contribution >= 0.6 is 0 Å². The normalized spacial score (nSPS) is 13.0. The molecule has 1 aromatic heterocycles. The van der Waals surface area contributed by atoms with E-state index in [9.17, 15) is 0 Å². The van der Waals surface area contributed by atoms with E-state index in [4.69, 9.17) is 9.72 Å². The van der Waals surface area contributed by atoms with Crippen molar-refractivity contribution < 1.29 is 4.74 Å². The molecule has 3 heteroatoms. The molecule has 0 atom stereocenters. The van der Waals surface area contributed by atoms with Crippen LogP contribution in [0, 0.1) is 20.8 Å². The Morgan fingerprint density at radius 2 is 1.96 bits per heavy atom. The van der Waals surface area contributed by atoms with E-state index in [1.165, 1.54) is 22.2 Å². The van der Waals surface area contributed by atoms with E-state index in [1.54, 1.807) is 7.11 Å². The third kappa shape index (κ3) is 4.27. The summed E-state index contributed by atoms with van der Waals surface area (Å²) >= 11 is 0. The molecule has 0 bridgehead atoms. The van der Waals surface area contributed by atoms with Crippen LogP contribution in [0.15, 0.2) is 23.8 Å². The first-order chi connectivity index (χ1) is 11.2. The largest absolute Gasteiger partial charge is 0.379 e. The predicted molar refractivity (Wildman–Crippen MR) is 103 cm³/mol. The Kier molecular flexibility index (Phi) is 5.87. The molecule has 0 aliphatic heterocycles. The van der Waals surface area contributed by atoms with Gasteiger partial charge in [0.25, 0.3) is 0 Å². The lowest BCUT2D eigenvalue weighted by molar-refractivity contribution is 0.0140. The zero-order valence-electron chi connectivity index (χ0n) is 16.4. The quantitative estimate of drug-likeness (QED) is 0.627. The van der Waals surface area contributed by atoms with Crippen LogP contribution in [0.5, 0.6) is 0 Å². The van der Waals surface area contributed by atoms with Gasteiger partial charge in [-0.05, 0) is 78.0 Å². The number of nitrogens with zero attached hydrogens (tertiary/aromatic N) is 2. The van der Waals surface area contributed by atoms with Crippen molar-refractivity contribution in [3.05, 3.63) is 40.7 Å². The van der Waals surface area contributed by atoms with Crippen molar-refractivity contribution in [3.8, 4) is 0 Å². The number of ether oxygens (including phenoxy) is 1. The zero-order valence-corrected chi connectivity index (χ0v) is 16.4. The second kappa shape index (κ2) is 7.52. The van der Waals surface area contributed by atoms with Gasteiger partial charge in [0.05, 0.1) is 16.6 Å². The van der Waals surface area contributed by atoms with Crippen molar-refractivity contribution in [2.45, 2.75) is 73.0 Å². The molecule has 0 aliphatic carbocycles. The van der Waals surface area contributed by atoms with Crippen molar-refractivity contribution in [1.29, 1.82) is 0 Å². The third-order valence-corrected chi connectivity index (χ3v) is 5.15. The number of rotatable bonds is 7. The van der Waals surface area contributed by atoms with Crippen LogP contribution in [-0.2, 0) is 11.3 Å². The summed E-state index contributed by atoms with van der Waals surface area (Å²) in [5, 5.41) is 0. The van der Waals surface area contributed by atoms with E-state index < -0.39 is 0 Å². The van der Waals surface area contributed by atoms with Crippen LogP contribution in [-0.4, -0.2) is 22.3 Å². The Labute approximate surface area is 146 Å². The molecule has 24 heavy (non-hydrogen) atoms. The van der Waals surface area contributed by atoms with Gasteiger partial charge in [0.2, 0.25) is 0 Å². The summed E-state index contributed by atoms with van der Waals surface area (Å²) in [5.74, 6) is 1.09. The molecule has 0 spiro atoms. The van der Waals surface area contributed by atoms with Gasteiger partial charge < -0.3 is 9.30 Å². The van der Waals surface area contributed by atoms with Crippen molar-refractivity contribution in [3.63, 3.8) is 0 Å². The van der Waals surface area contributed by atoms with E-state index in [0.29, 0.717) is 0 Å². The molecule has 0 saturated carbocycles. The van der Waals surface area contributed by atoms with Crippen molar-refractivity contribution >= 4 is 11.0 Å². The number of aromatic nitrogens is 2.